The van der Waals surface area contributed by atoms with Crippen LogP contribution in [0.1, 0.15) is 5.56 Å². The minimum Gasteiger partial charge on any atom is -0.455 e. The molecule has 1 aromatic heterocycles. The predicted octanol–water partition coefficient (Wildman–Crippen LogP) is 4.11. The standard InChI is InChI=1S/C20H14O3/c21-12-15-8-4-7-14-9-10-16-17(22)11-18(23-20(16)19(14)15)13-5-2-1-3-6-13/h1-11,21H,12H2. The van der Waals surface area contributed by atoms with Crippen LogP contribution in [-0.2, 0) is 6.61 Å². The molecule has 0 bridgehead atoms. The predicted molar refractivity (Wildman–Crippen MR) is 91.3 cm³/mol. The molecule has 0 aliphatic rings. The van der Waals surface area contributed by atoms with Gasteiger partial charge in [0, 0.05) is 17.0 Å². The SMILES string of the molecule is O=c1cc(-c2ccccc2)oc2c1ccc1cccc(CO)c12. The second kappa shape index (κ2) is 5.38. The van der Waals surface area contributed by atoms with Gasteiger partial charge in [0.2, 0.25) is 0 Å². The fraction of sp³-hybridized carbons (Fsp3) is 0.0500. The maximum atomic E-state index is 12.5. The zero-order valence-electron chi connectivity index (χ0n) is 12.3. The van der Waals surface area contributed by atoms with Crippen molar-refractivity contribution in [2.45, 2.75) is 6.61 Å². The molecule has 0 aliphatic carbocycles. The lowest BCUT2D eigenvalue weighted by atomic mass is 10.0. The second-order valence-corrected chi connectivity index (χ2v) is 5.46. The molecule has 23 heavy (non-hydrogen) atoms. The average Bonchev–Trinajstić information content (AvgIpc) is 2.61. The van der Waals surface area contributed by atoms with Crippen molar-refractivity contribution in [1.82, 2.24) is 0 Å². The van der Waals surface area contributed by atoms with E-state index in [4.69, 9.17) is 4.42 Å². The first-order valence-electron chi connectivity index (χ1n) is 7.42. The molecular formula is C20H14O3. The Morgan fingerprint density at radius 1 is 0.913 bits per heavy atom. The van der Waals surface area contributed by atoms with Crippen molar-refractivity contribution in [2.75, 3.05) is 0 Å². The Hall–Kier alpha value is -2.91. The van der Waals surface area contributed by atoms with Gasteiger partial charge in [-0.25, -0.2) is 0 Å². The topological polar surface area (TPSA) is 50.4 Å². The fourth-order valence-corrected chi connectivity index (χ4v) is 2.93. The van der Waals surface area contributed by atoms with Gasteiger partial charge in [0.1, 0.15) is 11.3 Å². The maximum absolute atomic E-state index is 12.5. The summed E-state index contributed by atoms with van der Waals surface area (Å²) in [5.41, 5.74) is 2.05. The molecule has 0 amide bonds. The molecule has 0 atom stereocenters. The van der Waals surface area contributed by atoms with E-state index >= 15 is 0 Å². The zero-order chi connectivity index (χ0) is 15.8. The summed E-state index contributed by atoms with van der Waals surface area (Å²) in [7, 11) is 0. The Bertz CT molecular complexity index is 1060. The molecule has 112 valence electrons. The molecular weight excluding hydrogens is 288 g/mol. The minimum absolute atomic E-state index is 0.0836. The van der Waals surface area contributed by atoms with Crippen molar-refractivity contribution in [3.05, 3.63) is 82.5 Å². The van der Waals surface area contributed by atoms with Crippen LogP contribution in [0.15, 0.2) is 75.9 Å². The molecule has 4 aromatic rings. The van der Waals surface area contributed by atoms with E-state index in [0.29, 0.717) is 16.7 Å². The lowest BCUT2D eigenvalue weighted by Crippen LogP contribution is -2.01. The Balaban J connectivity index is 2.15. The monoisotopic (exact) mass is 302 g/mol. The third-order valence-corrected chi connectivity index (χ3v) is 4.05. The Labute approximate surface area is 132 Å². The number of benzene rings is 3. The number of rotatable bonds is 2. The number of hydrogen-bond acceptors (Lipinski definition) is 3. The molecule has 0 aliphatic heterocycles. The summed E-state index contributed by atoms with van der Waals surface area (Å²) in [6.07, 6.45) is 0. The van der Waals surface area contributed by atoms with Gasteiger partial charge in [-0.05, 0) is 17.0 Å². The van der Waals surface area contributed by atoms with Crippen molar-refractivity contribution < 1.29 is 9.52 Å². The summed E-state index contributed by atoms with van der Waals surface area (Å²) in [6, 6.07) is 20.4. The van der Waals surface area contributed by atoms with Crippen LogP contribution in [0.2, 0.25) is 0 Å². The van der Waals surface area contributed by atoms with Gasteiger partial charge in [0.25, 0.3) is 0 Å². The van der Waals surface area contributed by atoms with Gasteiger partial charge in [-0.15, -0.1) is 0 Å². The Morgan fingerprint density at radius 3 is 2.52 bits per heavy atom. The Kier molecular flexibility index (Phi) is 3.21. The van der Waals surface area contributed by atoms with Crippen LogP contribution in [0.25, 0.3) is 33.1 Å². The van der Waals surface area contributed by atoms with Crippen molar-refractivity contribution in [2.24, 2.45) is 0 Å². The van der Waals surface area contributed by atoms with E-state index in [1.807, 2.05) is 54.6 Å². The van der Waals surface area contributed by atoms with Gasteiger partial charge in [-0.1, -0.05) is 54.6 Å². The summed E-state index contributed by atoms with van der Waals surface area (Å²) in [6.45, 7) is -0.101. The fourth-order valence-electron chi connectivity index (χ4n) is 2.93. The molecule has 3 aromatic carbocycles. The molecule has 0 radical (unpaired) electrons. The smallest absolute Gasteiger partial charge is 0.193 e. The highest BCUT2D eigenvalue weighted by Crippen LogP contribution is 2.30. The van der Waals surface area contributed by atoms with Crippen LogP contribution in [0.4, 0.5) is 0 Å². The molecule has 4 rings (SSSR count). The quantitative estimate of drug-likeness (QED) is 0.567. The van der Waals surface area contributed by atoms with E-state index in [0.717, 1.165) is 21.9 Å². The highest BCUT2D eigenvalue weighted by atomic mass is 16.3. The van der Waals surface area contributed by atoms with Crippen molar-refractivity contribution in [3.63, 3.8) is 0 Å². The zero-order valence-corrected chi connectivity index (χ0v) is 12.3. The molecule has 0 spiro atoms. The van der Waals surface area contributed by atoms with Gasteiger partial charge in [0.05, 0.1) is 12.0 Å². The van der Waals surface area contributed by atoms with E-state index in [1.165, 1.54) is 6.07 Å². The molecule has 0 saturated carbocycles. The molecule has 3 heteroatoms. The molecule has 1 heterocycles. The van der Waals surface area contributed by atoms with Crippen molar-refractivity contribution in [3.8, 4) is 11.3 Å². The highest BCUT2D eigenvalue weighted by molar-refractivity contribution is 6.06. The van der Waals surface area contributed by atoms with E-state index in [9.17, 15) is 9.90 Å². The number of fused-ring (bicyclic) bond motifs is 3. The third kappa shape index (κ3) is 2.22. The van der Waals surface area contributed by atoms with Crippen molar-refractivity contribution >= 4 is 21.7 Å². The van der Waals surface area contributed by atoms with Crippen LogP contribution >= 0.6 is 0 Å². The van der Waals surface area contributed by atoms with Crippen LogP contribution in [0, 0.1) is 0 Å². The third-order valence-electron chi connectivity index (χ3n) is 4.05. The largest absolute Gasteiger partial charge is 0.455 e. The Morgan fingerprint density at radius 2 is 1.74 bits per heavy atom. The number of aliphatic hydroxyl groups is 1. The van der Waals surface area contributed by atoms with Gasteiger partial charge >= 0.3 is 0 Å². The van der Waals surface area contributed by atoms with Crippen molar-refractivity contribution in [1.29, 1.82) is 0 Å². The van der Waals surface area contributed by atoms with Gasteiger partial charge in [-0.3, -0.25) is 4.79 Å². The second-order valence-electron chi connectivity index (χ2n) is 5.46. The number of aliphatic hydroxyl groups excluding tert-OH is 1. The first-order chi connectivity index (χ1) is 11.3. The number of hydrogen-bond donors (Lipinski definition) is 1. The minimum atomic E-state index is -0.101. The summed E-state index contributed by atoms with van der Waals surface area (Å²) in [4.78, 5) is 12.5. The molecule has 3 nitrogen and oxygen atoms in total. The lowest BCUT2D eigenvalue weighted by molar-refractivity contribution is 0.283. The van der Waals surface area contributed by atoms with Gasteiger partial charge in [-0.2, -0.15) is 0 Å². The first kappa shape index (κ1) is 13.7. The molecule has 0 fully saturated rings. The van der Waals surface area contributed by atoms with Crippen LogP contribution in [0.3, 0.4) is 0 Å². The first-order valence-corrected chi connectivity index (χ1v) is 7.42. The highest BCUT2D eigenvalue weighted by Gasteiger charge is 2.12. The normalized spacial score (nSPS) is 11.2. The van der Waals surface area contributed by atoms with E-state index < -0.39 is 0 Å². The summed E-state index contributed by atoms with van der Waals surface area (Å²) in [5.74, 6) is 0.531. The average molecular weight is 302 g/mol. The maximum Gasteiger partial charge on any atom is 0.193 e. The summed E-state index contributed by atoms with van der Waals surface area (Å²) >= 11 is 0. The van der Waals surface area contributed by atoms with E-state index in [-0.39, 0.29) is 12.0 Å². The molecule has 0 saturated heterocycles. The summed E-state index contributed by atoms with van der Waals surface area (Å²) < 4.78 is 6.07. The summed E-state index contributed by atoms with van der Waals surface area (Å²) in [5, 5.41) is 11.9. The van der Waals surface area contributed by atoms with Crippen LogP contribution in [-0.4, -0.2) is 5.11 Å². The lowest BCUT2D eigenvalue weighted by Gasteiger charge is -2.09. The van der Waals surface area contributed by atoms with Crippen LogP contribution < -0.4 is 5.43 Å². The molecule has 0 unspecified atom stereocenters. The van der Waals surface area contributed by atoms with Crippen LogP contribution in [0.5, 0.6) is 0 Å². The van der Waals surface area contributed by atoms with Gasteiger partial charge < -0.3 is 9.52 Å². The van der Waals surface area contributed by atoms with Gasteiger partial charge in [0.15, 0.2) is 5.43 Å². The van der Waals surface area contributed by atoms with E-state index in [1.54, 1.807) is 6.07 Å². The molecule has 1 N–H and O–H groups in total. The van der Waals surface area contributed by atoms with E-state index in [2.05, 4.69) is 0 Å².